The molecule has 4 aliphatic rings. The second kappa shape index (κ2) is 2.53. The molecule has 0 aromatic heterocycles. The van der Waals surface area contributed by atoms with Crippen LogP contribution in [-0.4, -0.2) is 11.7 Å². The number of allylic oxidation sites excluding steroid dienone is 2. The molecule has 1 fully saturated rings. The summed E-state index contributed by atoms with van der Waals surface area (Å²) in [5.41, 5.74) is 3.03. The average Bonchev–Trinajstić information content (AvgIpc) is 3.05. The van der Waals surface area contributed by atoms with Gasteiger partial charge >= 0.3 is 0 Å². The van der Waals surface area contributed by atoms with Crippen LogP contribution in [0.3, 0.4) is 0 Å². The van der Waals surface area contributed by atoms with Crippen LogP contribution in [0.5, 0.6) is 0 Å². The van der Waals surface area contributed by atoms with Gasteiger partial charge in [-0.25, -0.2) is 0 Å². The highest BCUT2D eigenvalue weighted by molar-refractivity contribution is 5.49. The molecule has 4 atom stereocenters. The Morgan fingerprint density at radius 2 is 1.47 bits per heavy atom. The monoisotopic (exact) mass is 198 g/mol. The van der Waals surface area contributed by atoms with Crippen molar-refractivity contribution in [3.63, 3.8) is 0 Å². The van der Waals surface area contributed by atoms with Crippen molar-refractivity contribution in [2.24, 2.45) is 17.8 Å². The average molecular weight is 198 g/mol. The fraction of sp³-hybridized carbons (Fsp3) is 0.429. The van der Waals surface area contributed by atoms with Gasteiger partial charge < -0.3 is 5.11 Å². The van der Waals surface area contributed by atoms with Gasteiger partial charge in [0.1, 0.15) is 0 Å². The minimum Gasteiger partial charge on any atom is -0.396 e. The molecule has 1 saturated carbocycles. The van der Waals surface area contributed by atoms with Crippen LogP contribution in [0.1, 0.15) is 23.0 Å². The van der Waals surface area contributed by atoms with Gasteiger partial charge in [-0.05, 0) is 28.9 Å². The molecule has 0 saturated heterocycles. The lowest BCUT2D eigenvalue weighted by Gasteiger charge is -2.32. The Kier molecular flexibility index (Phi) is 1.37. The molecule has 5 rings (SSSR count). The van der Waals surface area contributed by atoms with E-state index in [4.69, 9.17) is 0 Å². The Bertz CT molecular complexity index is 409. The van der Waals surface area contributed by atoms with Crippen LogP contribution < -0.4 is 0 Å². The molecule has 1 heteroatoms. The maximum Gasteiger partial charge on any atom is 0.0465 e. The first-order chi connectivity index (χ1) is 7.42. The fourth-order valence-electron chi connectivity index (χ4n) is 3.92. The quantitative estimate of drug-likeness (QED) is 0.686. The molecule has 0 aliphatic heterocycles. The van der Waals surface area contributed by atoms with Crippen molar-refractivity contribution in [2.45, 2.75) is 11.8 Å². The summed E-state index contributed by atoms with van der Waals surface area (Å²) in [5, 5.41) is 9.35. The lowest BCUT2D eigenvalue weighted by molar-refractivity contribution is 0.262. The van der Waals surface area contributed by atoms with Crippen molar-refractivity contribution in [2.75, 3.05) is 6.61 Å². The third-order valence-corrected chi connectivity index (χ3v) is 4.57. The van der Waals surface area contributed by atoms with Gasteiger partial charge in [-0.15, -0.1) is 0 Å². The largest absolute Gasteiger partial charge is 0.396 e. The molecule has 1 aromatic rings. The van der Waals surface area contributed by atoms with E-state index in [1.807, 2.05) is 0 Å². The Balaban J connectivity index is 1.88. The van der Waals surface area contributed by atoms with Gasteiger partial charge in [0.05, 0.1) is 0 Å². The zero-order chi connectivity index (χ0) is 9.99. The summed E-state index contributed by atoms with van der Waals surface area (Å²) in [6.45, 7) is 0.373. The Labute approximate surface area is 89.4 Å². The van der Waals surface area contributed by atoms with Gasteiger partial charge in [0.15, 0.2) is 0 Å². The van der Waals surface area contributed by atoms with Crippen molar-refractivity contribution >= 4 is 0 Å². The summed E-state index contributed by atoms with van der Waals surface area (Å²) in [7, 11) is 0. The third kappa shape index (κ3) is 0.836. The zero-order valence-electron chi connectivity index (χ0n) is 8.51. The summed E-state index contributed by atoms with van der Waals surface area (Å²) >= 11 is 0. The van der Waals surface area contributed by atoms with Gasteiger partial charge in [-0.2, -0.15) is 0 Å². The first-order valence-corrected chi connectivity index (χ1v) is 5.80. The van der Waals surface area contributed by atoms with Crippen molar-refractivity contribution in [3.05, 3.63) is 47.5 Å². The van der Waals surface area contributed by atoms with Gasteiger partial charge in [0, 0.05) is 18.4 Å². The summed E-state index contributed by atoms with van der Waals surface area (Å²) < 4.78 is 0. The van der Waals surface area contributed by atoms with Crippen LogP contribution in [-0.2, 0) is 0 Å². The Morgan fingerprint density at radius 1 is 0.933 bits per heavy atom. The summed E-state index contributed by atoms with van der Waals surface area (Å²) in [6, 6.07) is 8.80. The number of hydrogen-bond acceptors (Lipinski definition) is 1. The van der Waals surface area contributed by atoms with Crippen LogP contribution >= 0.6 is 0 Å². The van der Waals surface area contributed by atoms with Crippen LogP contribution in [0.4, 0.5) is 0 Å². The third-order valence-electron chi connectivity index (χ3n) is 4.57. The van der Waals surface area contributed by atoms with E-state index in [1.54, 1.807) is 0 Å². The molecule has 1 nitrogen and oxygen atoms in total. The van der Waals surface area contributed by atoms with Crippen LogP contribution in [0.2, 0.25) is 0 Å². The number of aliphatic hydroxyl groups excluding tert-OH is 1. The maximum absolute atomic E-state index is 9.35. The molecule has 0 spiro atoms. The molecule has 1 N–H and O–H groups in total. The smallest absolute Gasteiger partial charge is 0.0465 e. The van der Waals surface area contributed by atoms with E-state index < -0.39 is 0 Å². The highest BCUT2D eigenvalue weighted by atomic mass is 16.3. The summed E-state index contributed by atoms with van der Waals surface area (Å²) in [5.74, 6) is 3.21. The minimum atomic E-state index is 0.373. The van der Waals surface area contributed by atoms with E-state index in [0.29, 0.717) is 24.4 Å². The highest BCUT2D eigenvalue weighted by Crippen LogP contribution is 2.67. The number of benzene rings is 1. The van der Waals surface area contributed by atoms with Crippen LogP contribution in [0.15, 0.2) is 36.4 Å². The van der Waals surface area contributed by atoms with E-state index in [-0.39, 0.29) is 0 Å². The van der Waals surface area contributed by atoms with Crippen LogP contribution in [0.25, 0.3) is 0 Å². The lowest BCUT2D eigenvalue weighted by atomic mass is 9.72. The Hall–Kier alpha value is -1.08. The van der Waals surface area contributed by atoms with Gasteiger partial charge in [-0.3, -0.25) is 0 Å². The molecule has 4 aliphatic carbocycles. The second-order valence-corrected chi connectivity index (χ2v) is 5.07. The maximum atomic E-state index is 9.35. The summed E-state index contributed by atoms with van der Waals surface area (Å²) in [4.78, 5) is 0. The number of aliphatic hydroxyl groups is 1. The normalized spacial score (nSPS) is 43.7. The fourth-order valence-corrected chi connectivity index (χ4v) is 3.92. The number of hydrogen-bond donors (Lipinski definition) is 1. The molecule has 76 valence electrons. The summed E-state index contributed by atoms with van der Waals surface area (Å²) in [6.07, 6.45) is 4.73. The van der Waals surface area contributed by atoms with Crippen molar-refractivity contribution in [3.8, 4) is 0 Å². The lowest BCUT2D eigenvalue weighted by Crippen LogP contribution is -2.19. The second-order valence-electron chi connectivity index (χ2n) is 5.07. The predicted molar refractivity (Wildman–Crippen MR) is 58.6 cm³/mol. The van der Waals surface area contributed by atoms with Gasteiger partial charge in [0.2, 0.25) is 0 Å². The standard InChI is InChI=1S/C14H14O/c15-7-12-13-10-5-6-11(14(12)13)9-4-2-1-3-8(9)10/h1-6,10-15H,7H2. The van der Waals surface area contributed by atoms with Crippen LogP contribution in [0, 0.1) is 17.8 Å². The predicted octanol–water partition coefficient (Wildman–Crippen LogP) is 2.29. The van der Waals surface area contributed by atoms with Crippen molar-refractivity contribution in [1.29, 1.82) is 0 Å². The minimum absolute atomic E-state index is 0.373. The first-order valence-electron chi connectivity index (χ1n) is 5.80. The molecule has 4 unspecified atom stereocenters. The molecule has 15 heavy (non-hydrogen) atoms. The molecular formula is C14H14O. The topological polar surface area (TPSA) is 20.2 Å². The van der Waals surface area contributed by atoms with Crippen molar-refractivity contribution < 1.29 is 5.11 Å². The molecular weight excluding hydrogens is 184 g/mol. The van der Waals surface area contributed by atoms with E-state index in [9.17, 15) is 5.11 Å². The first kappa shape index (κ1) is 8.12. The van der Waals surface area contributed by atoms with E-state index in [2.05, 4.69) is 36.4 Å². The zero-order valence-corrected chi connectivity index (χ0v) is 8.51. The molecule has 2 bridgehead atoms. The van der Waals surface area contributed by atoms with E-state index in [1.165, 1.54) is 11.1 Å². The number of rotatable bonds is 1. The van der Waals surface area contributed by atoms with E-state index in [0.717, 1.165) is 11.8 Å². The molecule has 0 amide bonds. The van der Waals surface area contributed by atoms with Gasteiger partial charge in [0.25, 0.3) is 0 Å². The molecule has 1 aromatic carbocycles. The molecule has 0 radical (unpaired) electrons. The Morgan fingerprint density at radius 3 is 1.93 bits per heavy atom. The van der Waals surface area contributed by atoms with Crippen molar-refractivity contribution in [1.82, 2.24) is 0 Å². The molecule has 0 heterocycles. The SMILES string of the molecule is OCC1C2C3C=CC(c4ccccc43)C12. The highest BCUT2D eigenvalue weighted by Gasteiger charge is 2.61. The van der Waals surface area contributed by atoms with Gasteiger partial charge in [-0.1, -0.05) is 36.4 Å². The van der Waals surface area contributed by atoms with E-state index >= 15 is 0 Å².